The molecule has 1 saturated carbocycles. The fourth-order valence-corrected chi connectivity index (χ4v) is 4.80. The van der Waals surface area contributed by atoms with Gasteiger partial charge in [-0.2, -0.15) is 0 Å². The summed E-state index contributed by atoms with van der Waals surface area (Å²) in [7, 11) is 2.12. The van der Waals surface area contributed by atoms with Crippen LogP contribution in [0.2, 0.25) is 0 Å². The molecule has 2 nitrogen and oxygen atoms in total. The van der Waals surface area contributed by atoms with Crippen molar-refractivity contribution in [3.8, 4) is 0 Å². The van der Waals surface area contributed by atoms with E-state index in [0.717, 1.165) is 5.92 Å². The van der Waals surface area contributed by atoms with E-state index in [4.69, 9.17) is 4.98 Å². The van der Waals surface area contributed by atoms with Gasteiger partial charge >= 0.3 is 0 Å². The molecule has 3 heteroatoms. The molecule has 1 heterocycles. The summed E-state index contributed by atoms with van der Waals surface area (Å²) < 4.78 is 0. The van der Waals surface area contributed by atoms with Crippen LogP contribution in [-0.4, -0.2) is 12.0 Å². The van der Waals surface area contributed by atoms with Crippen molar-refractivity contribution in [3.63, 3.8) is 0 Å². The number of fused-ring (bicyclic) bond motifs is 1. The maximum atomic E-state index is 4.94. The molecule has 0 amide bonds. The predicted octanol–water partition coefficient (Wildman–Crippen LogP) is 3.26. The van der Waals surface area contributed by atoms with Crippen LogP contribution in [0.3, 0.4) is 0 Å². The van der Waals surface area contributed by atoms with E-state index in [0.29, 0.717) is 0 Å². The molecule has 17 heavy (non-hydrogen) atoms. The van der Waals surface area contributed by atoms with Crippen molar-refractivity contribution in [1.29, 1.82) is 0 Å². The van der Waals surface area contributed by atoms with Crippen molar-refractivity contribution in [2.45, 2.75) is 57.4 Å². The van der Waals surface area contributed by atoms with E-state index < -0.39 is 0 Å². The Morgan fingerprint density at radius 3 is 3.00 bits per heavy atom. The van der Waals surface area contributed by atoms with Gasteiger partial charge in [0.2, 0.25) is 0 Å². The van der Waals surface area contributed by atoms with Gasteiger partial charge in [-0.1, -0.05) is 13.3 Å². The second kappa shape index (κ2) is 4.36. The van der Waals surface area contributed by atoms with Gasteiger partial charge < -0.3 is 5.32 Å². The maximum Gasteiger partial charge on any atom is 0.113 e. The summed E-state index contributed by atoms with van der Waals surface area (Å²) in [5.41, 5.74) is 1.61. The molecule has 1 fully saturated rings. The number of hydrogen-bond donors (Lipinski definition) is 1. The molecule has 2 aliphatic carbocycles. The van der Waals surface area contributed by atoms with Gasteiger partial charge in [0, 0.05) is 4.88 Å². The van der Waals surface area contributed by atoms with Crippen LogP contribution in [0, 0.1) is 5.92 Å². The van der Waals surface area contributed by atoms with E-state index in [1.807, 2.05) is 11.3 Å². The summed E-state index contributed by atoms with van der Waals surface area (Å²) in [5, 5.41) is 4.97. The third-order valence-corrected chi connectivity index (χ3v) is 6.04. The molecular formula is C14H22N2S. The third-order valence-electron chi connectivity index (χ3n) is 4.68. The zero-order chi connectivity index (χ0) is 11.9. The third kappa shape index (κ3) is 1.84. The molecule has 2 unspecified atom stereocenters. The summed E-state index contributed by atoms with van der Waals surface area (Å²) in [6.45, 7) is 2.32. The molecule has 1 aromatic heterocycles. The lowest BCUT2D eigenvalue weighted by Crippen LogP contribution is -2.37. The normalized spacial score (nSPS) is 32.0. The second-order valence-electron chi connectivity index (χ2n) is 5.59. The van der Waals surface area contributed by atoms with E-state index in [2.05, 4.69) is 19.3 Å². The van der Waals surface area contributed by atoms with Crippen molar-refractivity contribution in [2.75, 3.05) is 7.05 Å². The molecule has 3 rings (SSSR count). The second-order valence-corrected chi connectivity index (χ2v) is 6.68. The molecule has 0 spiro atoms. The van der Waals surface area contributed by atoms with Gasteiger partial charge in [0.25, 0.3) is 0 Å². The SMILES string of the molecule is CCC1CCC(NC)(c2nc3c(s2)CCC3)C1. The number of nitrogens with one attached hydrogen (secondary N) is 1. The summed E-state index contributed by atoms with van der Waals surface area (Å²) in [6, 6.07) is 0. The van der Waals surface area contributed by atoms with E-state index >= 15 is 0 Å². The van der Waals surface area contributed by atoms with Crippen molar-refractivity contribution < 1.29 is 0 Å². The van der Waals surface area contributed by atoms with Crippen LogP contribution in [0.4, 0.5) is 0 Å². The first kappa shape index (κ1) is 11.7. The van der Waals surface area contributed by atoms with E-state index in [1.165, 1.54) is 55.6 Å². The van der Waals surface area contributed by atoms with Gasteiger partial charge in [0.05, 0.1) is 11.2 Å². The maximum absolute atomic E-state index is 4.94. The zero-order valence-electron chi connectivity index (χ0n) is 10.9. The Morgan fingerprint density at radius 2 is 2.35 bits per heavy atom. The summed E-state index contributed by atoms with van der Waals surface area (Å²) in [4.78, 5) is 6.50. The Balaban J connectivity index is 1.89. The molecule has 0 bridgehead atoms. The number of rotatable bonds is 3. The van der Waals surface area contributed by atoms with Crippen LogP contribution >= 0.6 is 11.3 Å². The molecule has 0 aromatic carbocycles. The number of aromatic nitrogens is 1. The lowest BCUT2D eigenvalue weighted by atomic mass is 9.96. The lowest BCUT2D eigenvalue weighted by Gasteiger charge is -2.26. The molecule has 1 N–H and O–H groups in total. The van der Waals surface area contributed by atoms with Crippen molar-refractivity contribution in [2.24, 2.45) is 5.92 Å². The number of aryl methyl sites for hydroxylation is 2. The van der Waals surface area contributed by atoms with Crippen LogP contribution in [0.5, 0.6) is 0 Å². The van der Waals surface area contributed by atoms with Gasteiger partial charge in [-0.05, 0) is 51.5 Å². The summed E-state index contributed by atoms with van der Waals surface area (Å²) in [6.07, 6.45) is 9.03. The predicted molar refractivity (Wildman–Crippen MR) is 72.5 cm³/mol. The first-order valence-electron chi connectivity index (χ1n) is 6.95. The number of thiazole rings is 1. The van der Waals surface area contributed by atoms with Crippen molar-refractivity contribution in [3.05, 3.63) is 15.6 Å². The van der Waals surface area contributed by atoms with E-state index in [1.54, 1.807) is 4.88 Å². The Hall–Kier alpha value is -0.410. The molecule has 0 aliphatic heterocycles. The van der Waals surface area contributed by atoms with Gasteiger partial charge in [0.1, 0.15) is 5.01 Å². The fourth-order valence-electron chi connectivity index (χ4n) is 3.42. The van der Waals surface area contributed by atoms with Gasteiger partial charge in [-0.25, -0.2) is 4.98 Å². The smallest absolute Gasteiger partial charge is 0.113 e. The monoisotopic (exact) mass is 250 g/mol. The molecular weight excluding hydrogens is 228 g/mol. The summed E-state index contributed by atoms with van der Waals surface area (Å²) >= 11 is 1.98. The largest absolute Gasteiger partial charge is 0.308 e. The Bertz CT molecular complexity index is 391. The molecule has 94 valence electrons. The first-order chi connectivity index (χ1) is 8.27. The fraction of sp³-hybridized carbons (Fsp3) is 0.786. The Morgan fingerprint density at radius 1 is 1.47 bits per heavy atom. The first-order valence-corrected chi connectivity index (χ1v) is 7.77. The minimum absolute atomic E-state index is 0.204. The molecule has 1 aromatic rings. The quantitative estimate of drug-likeness (QED) is 0.890. The zero-order valence-corrected chi connectivity index (χ0v) is 11.7. The molecule has 2 atom stereocenters. The van der Waals surface area contributed by atoms with Crippen molar-refractivity contribution in [1.82, 2.24) is 10.3 Å². The van der Waals surface area contributed by atoms with Crippen LogP contribution < -0.4 is 5.32 Å². The standard InChI is InChI=1S/C14H22N2S/c1-3-10-7-8-14(9-10,15-2)13-16-11-5-4-6-12(11)17-13/h10,15H,3-9H2,1-2H3. The summed E-state index contributed by atoms with van der Waals surface area (Å²) in [5.74, 6) is 0.890. The van der Waals surface area contributed by atoms with Gasteiger partial charge in [-0.3, -0.25) is 0 Å². The minimum Gasteiger partial charge on any atom is -0.308 e. The Labute approximate surface area is 108 Å². The van der Waals surface area contributed by atoms with E-state index in [-0.39, 0.29) is 5.54 Å². The molecule has 0 radical (unpaired) electrons. The van der Waals surface area contributed by atoms with Crippen molar-refractivity contribution >= 4 is 11.3 Å². The molecule has 0 saturated heterocycles. The highest BCUT2D eigenvalue weighted by atomic mass is 32.1. The average Bonchev–Trinajstić information content (AvgIpc) is 3.02. The minimum atomic E-state index is 0.204. The number of nitrogens with zero attached hydrogens (tertiary/aromatic N) is 1. The Kier molecular flexibility index (Phi) is 2.99. The molecule has 2 aliphatic rings. The van der Waals surface area contributed by atoms with Gasteiger partial charge in [-0.15, -0.1) is 11.3 Å². The highest BCUT2D eigenvalue weighted by Crippen LogP contribution is 2.45. The average molecular weight is 250 g/mol. The van der Waals surface area contributed by atoms with E-state index in [9.17, 15) is 0 Å². The highest BCUT2D eigenvalue weighted by molar-refractivity contribution is 7.12. The highest BCUT2D eigenvalue weighted by Gasteiger charge is 2.41. The van der Waals surface area contributed by atoms with Crippen LogP contribution in [0.25, 0.3) is 0 Å². The van der Waals surface area contributed by atoms with Crippen LogP contribution in [0.1, 0.15) is 54.6 Å². The van der Waals surface area contributed by atoms with Gasteiger partial charge in [0.15, 0.2) is 0 Å². The van der Waals surface area contributed by atoms with Crippen LogP contribution in [0.15, 0.2) is 0 Å². The van der Waals surface area contributed by atoms with Crippen LogP contribution in [-0.2, 0) is 18.4 Å². The number of hydrogen-bond acceptors (Lipinski definition) is 3. The lowest BCUT2D eigenvalue weighted by molar-refractivity contribution is 0.350. The topological polar surface area (TPSA) is 24.9 Å².